The fourth-order valence-corrected chi connectivity index (χ4v) is 1.94. The Balaban J connectivity index is 2.13. The van der Waals surface area contributed by atoms with E-state index in [9.17, 15) is 4.79 Å². The lowest BCUT2D eigenvalue weighted by Gasteiger charge is -2.12. The average Bonchev–Trinajstić information content (AvgIpc) is 2.53. The van der Waals surface area contributed by atoms with E-state index in [-0.39, 0.29) is 0 Å². The lowest BCUT2D eigenvalue weighted by molar-refractivity contribution is 0.100. The van der Waals surface area contributed by atoms with Crippen molar-refractivity contribution in [1.29, 1.82) is 0 Å². The van der Waals surface area contributed by atoms with Gasteiger partial charge in [0.25, 0.3) is 0 Å². The van der Waals surface area contributed by atoms with Gasteiger partial charge in [0.05, 0.1) is 19.9 Å². The van der Waals surface area contributed by atoms with Crippen LogP contribution in [0.2, 0.25) is 0 Å². The Labute approximate surface area is 123 Å². The third kappa shape index (κ3) is 3.66. The molecule has 0 aliphatic heterocycles. The van der Waals surface area contributed by atoms with Crippen LogP contribution < -0.4 is 20.5 Å². The summed E-state index contributed by atoms with van der Waals surface area (Å²) in [6.07, 6.45) is 0. The Morgan fingerprint density at radius 2 is 1.81 bits per heavy atom. The van der Waals surface area contributed by atoms with Crippen LogP contribution in [-0.2, 0) is 6.54 Å². The van der Waals surface area contributed by atoms with Crippen molar-refractivity contribution in [3.8, 4) is 11.5 Å². The zero-order chi connectivity index (χ0) is 15.2. The minimum absolute atomic E-state index is 0.438. The van der Waals surface area contributed by atoms with Crippen molar-refractivity contribution in [2.75, 3.05) is 19.5 Å². The summed E-state index contributed by atoms with van der Waals surface area (Å²) in [5.41, 5.74) is 7.54. The van der Waals surface area contributed by atoms with Crippen LogP contribution in [0.25, 0.3) is 0 Å². The first-order valence-corrected chi connectivity index (χ1v) is 6.48. The summed E-state index contributed by atoms with van der Waals surface area (Å²) >= 11 is 0. The summed E-state index contributed by atoms with van der Waals surface area (Å²) in [5, 5.41) is 3.24. The van der Waals surface area contributed by atoms with Crippen molar-refractivity contribution in [3.05, 3.63) is 53.6 Å². The Hall–Kier alpha value is -2.69. The van der Waals surface area contributed by atoms with Crippen LogP contribution in [0, 0.1) is 0 Å². The molecule has 0 aliphatic rings. The molecule has 5 nitrogen and oxygen atoms in total. The van der Waals surface area contributed by atoms with Gasteiger partial charge in [0.15, 0.2) is 0 Å². The van der Waals surface area contributed by atoms with Gasteiger partial charge in [0, 0.05) is 12.1 Å². The number of nitrogens with two attached hydrogens (primary N) is 1. The van der Waals surface area contributed by atoms with E-state index in [1.165, 1.54) is 0 Å². The van der Waals surface area contributed by atoms with Crippen LogP contribution in [0.4, 0.5) is 5.69 Å². The first-order chi connectivity index (χ1) is 10.1. The molecule has 0 bridgehead atoms. The lowest BCUT2D eigenvalue weighted by Crippen LogP contribution is -2.11. The van der Waals surface area contributed by atoms with Gasteiger partial charge in [0.1, 0.15) is 11.5 Å². The minimum Gasteiger partial charge on any atom is -0.497 e. The van der Waals surface area contributed by atoms with Crippen molar-refractivity contribution < 1.29 is 14.3 Å². The highest BCUT2D eigenvalue weighted by Gasteiger charge is 2.07. The second-order valence-corrected chi connectivity index (χ2v) is 4.48. The number of ether oxygens (including phenoxy) is 2. The Kier molecular flexibility index (Phi) is 4.66. The number of hydrogen-bond acceptors (Lipinski definition) is 4. The molecule has 0 heterocycles. The predicted octanol–water partition coefficient (Wildman–Crippen LogP) is 2.41. The summed E-state index contributed by atoms with van der Waals surface area (Å²) < 4.78 is 10.4. The molecule has 5 heteroatoms. The maximum atomic E-state index is 11.2. The Bertz CT molecular complexity index is 624. The van der Waals surface area contributed by atoms with Crippen LogP contribution in [0.3, 0.4) is 0 Å². The highest BCUT2D eigenvalue weighted by molar-refractivity contribution is 5.94. The fraction of sp³-hybridized carbons (Fsp3) is 0.188. The molecule has 2 aromatic rings. The van der Waals surface area contributed by atoms with Gasteiger partial charge in [-0.2, -0.15) is 0 Å². The van der Waals surface area contributed by atoms with Gasteiger partial charge in [-0.05, 0) is 35.9 Å². The van der Waals surface area contributed by atoms with Crippen LogP contribution in [0.5, 0.6) is 11.5 Å². The molecular formula is C16H18N2O3. The first kappa shape index (κ1) is 14.7. The molecule has 0 radical (unpaired) electrons. The van der Waals surface area contributed by atoms with Crippen LogP contribution >= 0.6 is 0 Å². The second kappa shape index (κ2) is 6.65. The van der Waals surface area contributed by atoms with Gasteiger partial charge in [-0.25, -0.2) is 0 Å². The molecule has 0 saturated carbocycles. The number of carbonyl (C=O) groups is 1. The summed E-state index contributed by atoms with van der Waals surface area (Å²) in [6.45, 7) is 0.600. The van der Waals surface area contributed by atoms with Gasteiger partial charge in [-0.3, -0.25) is 4.79 Å². The zero-order valence-corrected chi connectivity index (χ0v) is 12.1. The van der Waals surface area contributed by atoms with Crippen molar-refractivity contribution >= 4 is 11.6 Å². The Morgan fingerprint density at radius 3 is 2.38 bits per heavy atom. The molecule has 2 aromatic carbocycles. The van der Waals surface area contributed by atoms with Gasteiger partial charge in [-0.15, -0.1) is 0 Å². The summed E-state index contributed by atoms with van der Waals surface area (Å²) in [6, 6.07) is 12.8. The fourth-order valence-electron chi connectivity index (χ4n) is 1.94. The maximum absolute atomic E-state index is 11.2. The number of carbonyl (C=O) groups excluding carboxylic acids is 1. The molecule has 21 heavy (non-hydrogen) atoms. The summed E-state index contributed by atoms with van der Waals surface area (Å²) in [7, 11) is 3.21. The molecule has 1 amide bonds. The predicted molar refractivity (Wildman–Crippen MR) is 81.8 cm³/mol. The normalized spacial score (nSPS) is 10.0. The molecule has 0 aromatic heterocycles. The number of primary amides is 1. The first-order valence-electron chi connectivity index (χ1n) is 6.48. The highest BCUT2D eigenvalue weighted by atomic mass is 16.5. The molecule has 0 spiro atoms. The largest absolute Gasteiger partial charge is 0.497 e. The highest BCUT2D eigenvalue weighted by Crippen LogP contribution is 2.26. The number of benzene rings is 2. The number of rotatable bonds is 6. The van der Waals surface area contributed by atoms with Gasteiger partial charge < -0.3 is 20.5 Å². The smallest absolute Gasteiger partial charge is 0.248 e. The topological polar surface area (TPSA) is 73.6 Å². The zero-order valence-electron chi connectivity index (χ0n) is 12.1. The van der Waals surface area contributed by atoms with Crippen LogP contribution in [0.15, 0.2) is 42.5 Å². The quantitative estimate of drug-likeness (QED) is 0.855. The standard InChI is InChI=1S/C16H18N2O3/c1-20-13-6-3-11(4-7-13)10-18-14-9-12(16(17)19)5-8-15(14)21-2/h3-9,18H,10H2,1-2H3,(H2,17,19). The third-order valence-corrected chi connectivity index (χ3v) is 3.13. The molecule has 0 aliphatic carbocycles. The van der Waals surface area contributed by atoms with Gasteiger partial charge in [-0.1, -0.05) is 12.1 Å². The number of anilines is 1. The molecule has 110 valence electrons. The van der Waals surface area contributed by atoms with Crippen molar-refractivity contribution in [2.24, 2.45) is 5.73 Å². The minimum atomic E-state index is -0.467. The molecule has 0 fully saturated rings. The Morgan fingerprint density at radius 1 is 1.10 bits per heavy atom. The van der Waals surface area contributed by atoms with Gasteiger partial charge in [0.2, 0.25) is 5.91 Å². The molecule has 0 saturated heterocycles. The summed E-state index contributed by atoms with van der Waals surface area (Å²) in [4.78, 5) is 11.2. The van der Waals surface area contributed by atoms with Crippen molar-refractivity contribution in [2.45, 2.75) is 6.54 Å². The average molecular weight is 286 g/mol. The summed E-state index contributed by atoms with van der Waals surface area (Å²) in [5.74, 6) is 1.01. The van der Waals surface area contributed by atoms with E-state index in [1.54, 1.807) is 32.4 Å². The van der Waals surface area contributed by atoms with Crippen molar-refractivity contribution in [3.63, 3.8) is 0 Å². The second-order valence-electron chi connectivity index (χ2n) is 4.48. The number of amides is 1. The number of hydrogen-bond donors (Lipinski definition) is 2. The van der Waals surface area contributed by atoms with Crippen LogP contribution in [-0.4, -0.2) is 20.1 Å². The lowest BCUT2D eigenvalue weighted by atomic mass is 10.1. The van der Waals surface area contributed by atoms with E-state index in [2.05, 4.69) is 5.32 Å². The van der Waals surface area contributed by atoms with E-state index in [4.69, 9.17) is 15.2 Å². The van der Waals surface area contributed by atoms with E-state index in [0.717, 1.165) is 17.0 Å². The van der Waals surface area contributed by atoms with E-state index in [0.29, 0.717) is 17.9 Å². The monoisotopic (exact) mass is 286 g/mol. The number of nitrogens with one attached hydrogen (secondary N) is 1. The van der Waals surface area contributed by atoms with Gasteiger partial charge >= 0.3 is 0 Å². The van der Waals surface area contributed by atoms with E-state index < -0.39 is 5.91 Å². The number of methoxy groups -OCH3 is 2. The molecule has 0 unspecified atom stereocenters. The van der Waals surface area contributed by atoms with Crippen molar-refractivity contribution in [1.82, 2.24) is 0 Å². The molecule has 3 N–H and O–H groups in total. The molecular weight excluding hydrogens is 268 g/mol. The maximum Gasteiger partial charge on any atom is 0.248 e. The van der Waals surface area contributed by atoms with E-state index >= 15 is 0 Å². The molecule has 0 atom stereocenters. The molecule has 2 rings (SSSR count). The van der Waals surface area contributed by atoms with E-state index in [1.807, 2.05) is 24.3 Å². The van der Waals surface area contributed by atoms with Crippen LogP contribution in [0.1, 0.15) is 15.9 Å². The SMILES string of the molecule is COc1ccc(CNc2cc(C(N)=O)ccc2OC)cc1. The third-order valence-electron chi connectivity index (χ3n) is 3.13.